The van der Waals surface area contributed by atoms with Gasteiger partial charge in [-0.05, 0) is 85.4 Å². The highest BCUT2D eigenvalue weighted by Crippen LogP contribution is 2.33. The van der Waals surface area contributed by atoms with E-state index in [1.165, 1.54) is 54.2 Å². The number of allylic oxidation sites excluding steroid dienone is 1. The number of carbonyl (C=O) groups excluding carboxylic acids is 1. The van der Waals surface area contributed by atoms with Gasteiger partial charge >= 0.3 is 5.97 Å². The first-order chi connectivity index (χ1) is 14.2. The van der Waals surface area contributed by atoms with E-state index in [0.717, 1.165) is 31.4 Å². The average molecular weight is 393 g/mol. The van der Waals surface area contributed by atoms with Crippen LogP contribution in [0.4, 0.5) is 0 Å². The van der Waals surface area contributed by atoms with Gasteiger partial charge in [-0.25, -0.2) is 0 Å². The molecule has 0 unspecified atom stereocenters. The van der Waals surface area contributed by atoms with Gasteiger partial charge in [0.05, 0.1) is 7.11 Å². The van der Waals surface area contributed by atoms with E-state index in [2.05, 4.69) is 43.3 Å². The molecular weight excluding hydrogens is 360 g/mol. The molecule has 0 atom stereocenters. The van der Waals surface area contributed by atoms with E-state index in [-0.39, 0.29) is 5.97 Å². The highest BCUT2D eigenvalue weighted by atomic mass is 16.5. The summed E-state index contributed by atoms with van der Waals surface area (Å²) in [5, 5.41) is 0. The maximum absolute atomic E-state index is 11.2. The number of hydrogen-bond donors (Lipinski definition) is 0. The van der Waals surface area contributed by atoms with E-state index in [1.54, 1.807) is 0 Å². The molecule has 0 amide bonds. The summed E-state index contributed by atoms with van der Waals surface area (Å²) in [6.07, 6.45) is 8.19. The third-order valence-electron chi connectivity index (χ3n) is 5.71. The van der Waals surface area contributed by atoms with Crippen LogP contribution in [0.2, 0.25) is 0 Å². The van der Waals surface area contributed by atoms with E-state index < -0.39 is 0 Å². The van der Waals surface area contributed by atoms with Crippen molar-refractivity contribution in [3.63, 3.8) is 0 Å². The quantitative estimate of drug-likeness (QED) is 0.495. The Kier molecular flexibility index (Phi) is 7.92. The Bertz CT molecular complexity index is 833. The molecule has 2 aromatic carbocycles. The van der Waals surface area contributed by atoms with Crippen molar-refractivity contribution in [2.24, 2.45) is 0 Å². The van der Waals surface area contributed by atoms with Crippen LogP contribution in [-0.4, -0.2) is 19.7 Å². The van der Waals surface area contributed by atoms with E-state index in [1.807, 2.05) is 12.1 Å². The summed E-state index contributed by atoms with van der Waals surface area (Å²) < 4.78 is 10.9. The predicted molar refractivity (Wildman–Crippen MR) is 118 cm³/mol. The molecule has 0 N–H and O–H groups in total. The van der Waals surface area contributed by atoms with Gasteiger partial charge in [0.1, 0.15) is 12.4 Å². The molecule has 1 aliphatic rings. The summed E-state index contributed by atoms with van der Waals surface area (Å²) in [5.41, 5.74) is 6.88. The number of rotatable bonds is 8. The topological polar surface area (TPSA) is 35.5 Å². The molecule has 0 radical (unpaired) electrons. The van der Waals surface area contributed by atoms with Crippen molar-refractivity contribution in [1.82, 2.24) is 0 Å². The highest BCUT2D eigenvalue weighted by molar-refractivity contribution is 5.71. The molecule has 0 spiro atoms. The van der Waals surface area contributed by atoms with E-state index in [4.69, 9.17) is 9.47 Å². The first-order valence-corrected chi connectivity index (χ1v) is 10.7. The minimum Gasteiger partial charge on any atom is -0.489 e. The van der Waals surface area contributed by atoms with Crippen molar-refractivity contribution in [3.05, 3.63) is 70.8 Å². The fourth-order valence-electron chi connectivity index (χ4n) is 4.00. The maximum Gasteiger partial charge on any atom is 0.305 e. The van der Waals surface area contributed by atoms with Gasteiger partial charge < -0.3 is 9.47 Å². The summed E-state index contributed by atoms with van der Waals surface area (Å²) >= 11 is 0. The van der Waals surface area contributed by atoms with Gasteiger partial charge in [-0.2, -0.15) is 0 Å². The third-order valence-corrected chi connectivity index (χ3v) is 5.71. The minimum absolute atomic E-state index is 0.147. The van der Waals surface area contributed by atoms with Gasteiger partial charge in [0.15, 0.2) is 0 Å². The van der Waals surface area contributed by atoms with Crippen molar-refractivity contribution < 1.29 is 14.3 Å². The van der Waals surface area contributed by atoms with Gasteiger partial charge in [-0.3, -0.25) is 4.79 Å². The second kappa shape index (κ2) is 10.8. The number of methoxy groups -OCH3 is 1. The molecule has 3 nitrogen and oxygen atoms in total. The maximum atomic E-state index is 11.2. The fourth-order valence-corrected chi connectivity index (χ4v) is 4.00. The van der Waals surface area contributed by atoms with E-state index >= 15 is 0 Å². The molecular formula is C26H32O3. The van der Waals surface area contributed by atoms with E-state index in [9.17, 15) is 4.79 Å². The van der Waals surface area contributed by atoms with Crippen LogP contribution in [0, 0.1) is 6.92 Å². The molecule has 3 rings (SSSR count). The number of carbonyl (C=O) groups is 1. The third kappa shape index (κ3) is 6.22. The Morgan fingerprint density at radius 2 is 1.72 bits per heavy atom. The molecule has 0 saturated carbocycles. The highest BCUT2D eigenvalue weighted by Gasteiger charge is 2.15. The number of aryl methyl sites for hydroxylation is 2. The lowest BCUT2D eigenvalue weighted by molar-refractivity contribution is -0.140. The van der Waals surface area contributed by atoms with Crippen LogP contribution in [0.15, 0.2) is 54.1 Å². The summed E-state index contributed by atoms with van der Waals surface area (Å²) in [4.78, 5) is 11.2. The second-order valence-corrected chi connectivity index (χ2v) is 7.82. The first kappa shape index (κ1) is 21.2. The molecule has 0 fully saturated rings. The lowest BCUT2D eigenvalue weighted by Gasteiger charge is -2.16. The van der Waals surface area contributed by atoms with Crippen LogP contribution in [-0.2, 0) is 16.0 Å². The molecule has 0 aliphatic heterocycles. The largest absolute Gasteiger partial charge is 0.489 e. The number of hydrogen-bond acceptors (Lipinski definition) is 3. The van der Waals surface area contributed by atoms with Gasteiger partial charge in [0.2, 0.25) is 0 Å². The van der Waals surface area contributed by atoms with Crippen molar-refractivity contribution >= 4 is 11.5 Å². The van der Waals surface area contributed by atoms with Gasteiger partial charge in [-0.15, -0.1) is 0 Å². The van der Waals surface area contributed by atoms with Crippen LogP contribution in [0.3, 0.4) is 0 Å². The number of esters is 1. The smallest absolute Gasteiger partial charge is 0.305 e. The van der Waals surface area contributed by atoms with Crippen LogP contribution >= 0.6 is 0 Å². The molecule has 154 valence electrons. The van der Waals surface area contributed by atoms with Gasteiger partial charge in [0, 0.05) is 6.42 Å². The van der Waals surface area contributed by atoms with E-state index in [0.29, 0.717) is 13.0 Å². The monoisotopic (exact) mass is 392 g/mol. The van der Waals surface area contributed by atoms with Crippen molar-refractivity contribution in [1.29, 1.82) is 0 Å². The molecule has 0 aromatic heterocycles. The van der Waals surface area contributed by atoms with Crippen molar-refractivity contribution in [2.45, 2.75) is 58.3 Å². The Morgan fingerprint density at radius 3 is 2.48 bits per heavy atom. The lowest BCUT2D eigenvalue weighted by atomic mass is 9.93. The summed E-state index contributed by atoms with van der Waals surface area (Å²) in [7, 11) is 1.43. The number of benzene rings is 2. The van der Waals surface area contributed by atoms with Gasteiger partial charge in [0.25, 0.3) is 0 Å². The zero-order chi connectivity index (χ0) is 20.5. The zero-order valence-corrected chi connectivity index (χ0v) is 17.7. The summed E-state index contributed by atoms with van der Waals surface area (Å²) in [6.45, 7) is 2.86. The number of ether oxygens (including phenoxy) is 2. The van der Waals surface area contributed by atoms with Crippen LogP contribution in [0.25, 0.3) is 5.57 Å². The Labute approximate surface area is 174 Å². The standard InChI is InChI=1S/C26H32O3/c1-20-9-6-7-12-24(20)25-13-5-3-4-11-22(25)19-29-23-17-15-21(16-18-23)10-8-14-26(27)28-2/h6-7,9,12,15-18H,3-5,8,10-11,13-14,19H2,1-2H3. The predicted octanol–water partition coefficient (Wildman–Crippen LogP) is 6.29. The Morgan fingerprint density at radius 1 is 0.966 bits per heavy atom. The van der Waals surface area contributed by atoms with Crippen LogP contribution in [0.1, 0.15) is 61.6 Å². The van der Waals surface area contributed by atoms with Crippen LogP contribution < -0.4 is 4.74 Å². The molecule has 1 aliphatic carbocycles. The molecule has 0 bridgehead atoms. The SMILES string of the molecule is COC(=O)CCCc1ccc(OCC2=C(c3ccccc3C)CCCCC2)cc1. The molecule has 29 heavy (non-hydrogen) atoms. The summed E-state index contributed by atoms with van der Waals surface area (Å²) in [5.74, 6) is 0.758. The molecule has 3 heteroatoms. The van der Waals surface area contributed by atoms with Crippen molar-refractivity contribution in [3.8, 4) is 5.75 Å². The van der Waals surface area contributed by atoms with Gasteiger partial charge in [-0.1, -0.05) is 42.8 Å². The molecule has 0 heterocycles. The normalized spacial score (nSPS) is 14.4. The fraction of sp³-hybridized carbons (Fsp3) is 0.423. The average Bonchev–Trinajstić information content (AvgIpc) is 2.99. The van der Waals surface area contributed by atoms with Crippen LogP contribution in [0.5, 0.6) is 5.75 Å². The Balaban J connectivity index is 1.63. The molecule has 2 aromatic rings. The lowest BCUT2D eigenvalue weighted by Crippen LogP contribution is -2.05. The van der Waals surface area contributed by atoms with Crippen molar-refractivity contribution in [2.75, 3.05) is 13.7 Å². The first-order valence-electron chi connectivity index (χ1n) is 10.7. The second-order valence-electron chi connectivity index (χ2n) is 7.82. The Hall–Kier alpha value is -2.55. The zero-order valence-electron chi connectivity index (χ0n) is 17.7. The summed E-state index contributed by atoms with van der Waals surface area (Å²) in [6, 6.07) is 17.0. The molecule has 0 saturated heterocycles. The minimum atomic E-state index is -0.147.